The summed E-state index contributed by atoms with van der Waals surface area (Å²) in [6.45, 7) is 5.41. The van der Waals surface area contributed by atoms with Crippen LogP contribution in [0.5, 0.6) is 0 Å². The lowest BCUT2D eigenvalue weighted by Crippen LogP contribution is -2.84. The molecule has 0 spiro atoms. The lowest BCUT2D eigenvalue weighted by Gasteiger charge is -2.03. The Bertz CT molecular complexity index is 851. The van der Waals surface area contributed by atoms with E-state index < -0.39 is 36.4 Å². The van der Waals surface area contributed by atoms with Crippen LogP contribution in [0.1, 0.15) is 64.2 Å². The maximum Gasteiger partial charge on any atom is 0.430 e. The average Bonchev–Trinajstić information content (AvgIpc) is 3.73. The molecule has 0 unspecified atom stereocenters. The molecule has 0 aromatic rings. The number of halogens is 9. The molecule has 1 fully saturated rings. The molecule has 272 valence electrons. The van der Waals surface area contributed by atoms with Crippen LogP contribution in [0.15, 0.2) is 0 Å². The van der Waals surface area contributed by atoms with E-state index in [9.17, 15) is 39.5 Å². The molecule has 0 amide bonds. The minimum absolute atomic E-state index is 0.330. The Morgan fingerprint density at radius 2 is 1.02 bits per heavy atom. The highest BCUT2D eigenvalue weighted by molar-refractivity contribution is 5.72. The van der Waals surface area contributed by atoms with Gasteiger partial charge in [-0.25, -0.2) is 0 Å². The van der Waals surface area contributed by atoms with Crippen molar-refractivity contribution in [1.29, 1.82) is 0 Å². The lowest BCUT2D eigenvalue weighted by molar-refractivity contribution is -0.655. The highest BCUT2D eigenvalue weighted by Crippen LogP contribution is 2.26. The van der Waals surface area contributed by atoms with Gasteiger partial charge in [0, 0.05) is 0 Å². The second kappa shape index (κ2) is 25.5. The average molecular weight is 696 g/mol. The van der Waals surface area contributed by atoms with Crippen LogP contribution in [0.4, 0.5) is 39.5 Å². The predicted octanol–water partition coefficient (Wildman–Crippen LogP) is -5.68. The summed E-state index contributed by atoms with van der Waals surface area (Å²) in [7, 11) is 0. The van der Waals surface area contributed by atoms with Gasteiger partial charge in [-0.3, -0.25) is 32.5 Å². The third-order valence-electron chi connectivity index (χ3n) is 5.29. The van der Waals surface area contributed by atoms with Crippen molar-refractivity contribution in [3.05, 3.63) is 0 Å². The van der Waals surface area contributed by atoms with Crippen LogP contribution in [-0.4, -0.2) is 81.1 Å². The summed E-state index contributed by atoms with van der Waals surface area (Å²) < 4.78 is 94.6. The zero-order valence-electron chi connectivity index (χ0n) is 24.8. The van der Waals surface area contributed by atoms with Crippen molar-refractivity contribution < 1.29 is 84.5 Å². The Morgan fingerprint density at radius 1 is 0.652 bits per heavy atom. The van der Waals surface area contributed by atoms with Crippen LogP contribution in [0, 0.1) is 5.92 Å². The Kier molecular flexibility index (Phi) is 25.9. The number of nitrogens with two attached hydrogens (primary N) is 4. The van der Waals surface area contributed by atoms with Gasteiger partial charge >= 0.3 is 30.4 Å². The molecule has 1 rings (SSSR count). The lowest BCUT2D eigenvalue weighted by atomic mass is 10.2. The van der Waals surface area contributed by atoms with Crippen molar-refractivity contribution in [2.24, 2.45) is 23.1 Å². The van der Waals surface area contributed by atoms with Crippen molar-refractivity contribution in [2.75, 3.05) is 32.7 Å². The fourth-order valence-electron chi connectivity index (χ4n) is 2.77. The number of carboxylic acid groups (broad SMARTS) is 3. The quantitative estimate of drug-likeness (QED) is 0.0349. The Labute approximate surface area is 258 Å². The van der Waals surface area contributed by atoms with E-state index in [4.69, 9.17) is 46.9 Å². The molecule has 13 nitrogen and oxygen atoms in total. The predicted molar refractivity (Wildman–Crippen MR) is 137 cm³/mol. The monoisotopic (exact) mass is 695 g/mol. The van der Waals surface area contributed by atoms with E-state index in [1.165, 1.54) is 70.9 Å². The molecule has 0 aromatic heterocycles. The summed E-state index contributed by atoms with van der Waals surface area (Å²) in [6.07, 6.45) is -2.77. The zero-order valence-corrected chi connectivity index (χ0v) is 24.8. The Balaban J connectivity index is -0.000000710. The van der Waals surface area contributed by atoms with E-state index in [0.717, 1.165) is 37.9 Å². The van der Waals surface area contributed by atoms with Gasteiger partial charge in [-0.2, -0.15) is 39.5 Å². The van der Waals surface area contributed by atoms with E-state index >= 15 is 0 Å². The van der Waals surface area contributed by atoms with E-state index in [0.29, 0.717) is 5.96 Å². The van der Waals surface area contributed by atoms with Crippen molar-refractivity contribution in [3.8, 4) is 0 Å². The molecule has 0 atom stereocenters. The summed E-state index contributed by atoms with van der Waals surface area (Å²) >= 11 is 0. The first-order valence-electron chi connectivity index (χ1n) is 13.9. The van der Waals surface area contributed by atoms with Gasteiger partial charge in [0.1, 0.15) is 17.9 Å². The van der Waals surface area contributed by atoms with Crippen molar-refractivity contribution in [2.45, 2.75) is 82.7 Å². The molecule has 0 bridgehead atoms. The van der Waals surface area contributed by atoms with Crippen LogP contribution in [0.2, 0.25) is 0 Å². The van der Waals surface area contributed by atoms with Gasteiger partial charge in [-0.05, 0) is 57.3 Å². The summed E-state index contributed by atoms with van der Waals surface area (Å²) in [5.41, 5.74) is 16.6. The number of hydrogen-bond donors (Lipinski definition) is 7. The zero-order chi connectivity index (χ0) is 36.4. The van der Waals surface area contributed by atoms with Crippen molar-refractivity contribution in [3.63, 3.8) is 0 Å². The van der Waals surface area contributed by atoms with E-state index in [2.05, 4.69) is 20.6 Å². The van der Waals surface area contributed by atoms with E-state index in [-0.39, 0.29) is 0 Å². The number of guanidine groups is 2. The minimum Gasteiger partial charge on any atom is -0.542 e. The molecule has 1 saturated carbocycles. The van der Waals surface area contributed by atoms with Crippen LogP contribution in [0.25, 0.3) is 0 Å². The smallest absolute Gasteiger partial charge is 0.430 e. The van der Waals surface area contributed by atoms with Crippen LogP contribution >= 0.6 is 0 Å². The van der Waals surface area contributed by atoms with Gasteiger partial charge < -0.3 is 35.0 Å². The summed E-state index contributed by atoms with van der Waals surface area (Å²) in [6, 6.07) is 0. The summed E-state index contributed by atoms with van der Waals surface area (Å²) in [5, 5.41) is 32.1. The molecule has 0 saturated heterocycles. The van der Waals surface area contributed by atoms with Crippen LogP contribution in [-0.2, 0) is 14.4 Å². The normalized spacial score (nSPS) is 13.0. The molecule has 0 aromatic carbocycles. The largest absolute Gasteiger partial charge is 0.542 e. The second-order valence-electron chi connectivity index (χ2n) is 9.60. The summed E-state index contributed by atoms with van der Waals surface area (Å²) in [4.78, 5) is 32.6. The first-order chi connectivity index (χ1) is 21.0. The summed E-state index contributed by atoms with van der Waals surface area (Å²) in [5.74, 6) is -7.08. The molecule has 1 aliphatic carbocycles. The van der Waals surface area contributed by atoms with Crippen LogP contribution in [0.3, 0.4) is 0 Å². The molecule has 1 aliphatic rings. The van der Waals surface area contributed by atoms with Gasteiger partial charge in [0.25, 0.3) is 0 Å². The third kappa shape index (κ3) is 38.3. The van der Waals surface area contributed by atoms with E-state index in [1.807, 2.05) is 0 Å². The number of unbranched alkanes of at least 4 members (excludes halogenated alkanes) is 6. The standard InChI is InChI=1S/C18H39N7.3C2HF3O2/c19-17(20)23-13-7-3-1-5-11-22-12-6-2-4-8-14-24-18(21)25-15-16-9-10-16;3*3-2(4,5)1(6)7/h16,22H,1-15H2,(H4,19,20,23)(H3,21,24,25);3*(H,6,7). The van der Waals surface area contributed by atoms with Gasteiger partial charge in [0.05, 0.1) is 32.7 Å². The molecule has 22 heteroatoms. The van der Waals surface area contributed by atoms with Crippen LogP contribution < -0.4 is 53.1 Å². The highest BCUT2D eigenvalue weighted by atomic mass is 19.4. The molecule has 11 N–H and O–H groups in total. The number of carbonyl (C=O) groups is 3. The first kappa shape index (κ1) is 46.7. The number of carboxylic acids is 3. The maximum absolute atomic E-state index is 10.5. The van der Waals surface area contributed by atoms with Gasteiger partial charge in [0.15, 0.2) is 0 Å². The maximum atomic E-state index is 10.5. The van der Waals surface area contributed by atoms with Crippen molar-refractivity contribution in [1.82, 2.24) is 5.32 Å². The van der Waals surface area contributed by atoms with Gasteiger partial charge in [-0.1, -0.05) is 12.8 Å². The molecule has 0 aliphatic heterocycles. The van der Waals surface area contributed by atoms with Crippen molar-refractivity contribution >= 4 is 29.8 Å². The van der Waals surface area contributed by atoms with Gasteiger partial charge in [0.2, 0.25) is 0 Å². The Morgan fingerprint density at radius 3 is 1.37 bits per heavy atom. The molecule has 0 heterocycles. The van der Waals surface area contributed by atoms with E-state index in [1.54, 1.807) is 0 Å². The number of aliphatic carboxylic acids is 3. The number of carbonyl (C=O) groups excluding carboxylic acids is 3. The number of hydrogen-bond acceptors (Lipinski definition) is 6. The molecular weight excluding hydrogens is 653 g/mol. The second-order valence-corrected chi connectivity index (χ2v) is 9.60. The Hall–Kier alpha value is -3.72. The van der Waals surface area contributed by atoms with Gasteiger partial charge in [-0.15, -0.1) is 0 Å². The number of alkyl halides is 9. The topological polar surface area (TPSA) is 255 Å². The first-order valence-corrected chi connectivity index (χ1v) is 13.9. The fraction of sp³-hybridized carbons (Fsp3) is 0.792. The number of nitrogens with one attached hydrogen (secondary N) is 3. The molecule has 46 heavy (non-hydrogen) atoms. The SMILES string of the molecule is NC(N)=[NH+]CCCCCC[NH2+]CCCCCCNC(N)=[NH+]CC1CC1.O=C([O-])C(F)(F)F.O=C([O-])C(F)(F)F.O=C([O-])C(F)(F)F. The highest BCUT2D eigenvalue weighted by Gasteiger charge is 2.30. The number of rotatable bonds is 16. The number of quaternary nitrogens is 1. The minimum atomic E-state index is -5.19. The third-order valence-corrected chi connectivity index (χ3v) is 5.29. The molecule has 0 radical (unpaired) electrons. The molecular formula is C24H42F9N7O6. The fourth-order valence-corrected chi connectivity index (χ4v) is 2.77.